The smallest absolute Gasteiger partial charge is 0.325 e. The van der Waals surface area contributed by atoms with Gasteiger partial charge in [0.2, 0.25) is 5.91 Å². The lowest BCUT2D eigenvalue weighted by atomic mass is 10.0. The molecule has 2 atom stereocenters. The topological polar surface area (TPSA) is 83.6 Å². The molecule has 2 aromatic carbocycles. The van der Waals surface area contributed by atoms with Gasteiger partial charge in [-0.05, 0) is 68.8 Å². The number of hydrogen-bond acceptors (Lipinski definition) is 6. The molecule has 3 aliphatic rings. The molecule has 0 radical (unpaired) electrons. The highest BCUT2D eigenvalue weighted by molar-refractivity contribution is 5.93. The van der Waals surface area contributed by atoms with E-state index in [-0.39, 0.29) is 24.0 Å². The average molecular weight is 593 g/mol. The number of ether oxygens (including phenoxy) is 3. The highest BCUT2D eigenvalue weighted by atomic mass is 16.5. The van der Waals surface area contributed by atoms with Gasteiger partial charge in [-0.25, -0.2) is 4.79 Å². The lowest BCUT2D eigenvalue weighted by Crippen LogP contribution is -2.53. The molecule has 2 aromatic rings. The number of likely N-dealkylation sites (N-methyl/N-ethyl adjacent to an activating group) is 1. The highest BCUT2D eigenvalue weighted by Crippen LogP contribution is 2.36. The maximum Gasteiger partial charge on any atom is 0.325 e. The second-order valence-electron chi connectivity index (χ2n) is 12.2. The largest absolute Gasteiger partial charge is 0.496 e. The molecule has 3 fully saturated rings. The number of benzene rings is 2. The normalized spacial score (nSPS) is 20.8. The van der Waals surface area contributed by atoms with Crippen LogP contribution in [0, 0.1) is 5.92 Å². The molecular weight excluding hydrogens is 544 g/mol. The Hall–Kier alpha value is -3.46. The van der Waals surface area contributed by atoms with Crippen LogP contribution in [0.3, 0.4) is 0 Å². The summed E-state index contributed by atoms with van der Waals surface area (Å²) in [5.74, 6) is 2.94. The van der Waals surface area contributed by atoms with E-state index in [0.29, 0.717) is 43.4 Å². The summed E-state index contributed by atoms with van der Waals surface area (Å²) >= 11 is 0. The summed E-state index contributed by atoms with van der Waals surface area (Å²) < 4.78 is 17.4. The van der Waals surface area contributed by atoms with E-state index >= 15 is 0 Å². The Kier molecular flexibility index (Phi) is 10.3. The molecule has 3 amide bonds. The van der Waals surface area contributed by atoms with Crippen molar-refractivity contribution in [3.63, 3.8) is 0 Å². The summed E-state index contributed by atoms with van der Waals surface area (Å²) in [6, 6.07) is 11.8. The van der Waals surface area contributed by atoms with Crippen LogP contribution in [0.25, 0.3) is 0 Å². The fourth-order valence-corrected chi connectivity index (χ4v) is 6.20. The van der Waals surface area contributed by atoms with Gasteiger partial charge >= 0.3 is 6.03 Å². The van der Waals surface area contributed by atoms with Crippen molar-refractivity contribution in [3.8, 4) is 17.2 Å². The number of rotatable bonds is 14. The van der Waals surface area contributed by atoms with Gasteiger partial charge in [-0.3, -0.25) is 9.69 Å². The van der Waals surface area contributed by atoms with Crippen LogP contribution in [0.2, 0.25) is 0 Å². The quantitative estimate of drug-likeness (QED) is 0.302. The van der Waals surface area contributed by atoms with E-state index < -0.39 is 0 Å². The third kappa shape index (κ3) is 7.93. The van der Waals surface area contributed by atoms with Crippen LogP contribution in [0.15, 0.2) is 36.4 Å². The van der Waals surface area contributed by atoms with Crippen LogP contribution < -0.4 is 24.4 Å². The molecule has 0 unspecified atom stereocenters. The molecule has 1 aliphatic carbocycles. The molecule has 2 saturated heterocycles. The lowest BCUT2D eigenvalue weighted by molar-refractivity contribution is -0.121. The Morgan fingerprint density at radius 2 is 1.79 bits per heavy atom. The number of carbonyl (C=O) groups is 2. The van der Waals surface area contributed by atoms with Gasteiger partial charge in [0.1, 0.15) is 5.75 Å². The van der Waals surface area contributed by atoms with Crippen molar-refractivity contribution in [2.24, 2.45) is 5.92 Å². The van der Waals surface area contributed by atoms with Crippen LogP contribution in [0.1, 0.15) is 63.5 Å². The summed E-state index contributed by atoms with van der Waals surface area (Å²) in [6.45, 7) is 8.88. The zero-order valence-electron chi connectivity index (χ0n) is 26.3. The Morgan fingerprint density at radius 3 is 2.51 bits per heavy atom. The maximum absolute atomic E-state index is 13.9. The summed E-state index contributed by atoms with van der Waals surface area (Å²) in [7, 11) is 3.28. The van der Waals surface area contributed by atoms with Crippen molar-refractivity contribution >= 4 is 17.6 Å². The molecular formula is C34H48N4O5. The van der Waals surface area contributed by atoms with Crippen LogP contribution in [-0.2, 0) is 17.8 Å². The van der Waals surface area contributed by atoms with Crippen molar-refractivity contribution in [1.29, 1.82) is 0 Å². The number of amides is 3. The Morgan fingerprint density at radius 1 is 0.977 bits per heavy atom. The summed E-state index contributed by atoms with van der Waals surface area (Å²) in [4.78, 5) is 32.7. The van der Waals surface area contributed by atoms with Gasteiger partial charge in [-0.1, -0.05) is 31.9 Å². The first-order valence-electron chi connectivity index (χ1n) is 15.9. The lowest BCUT2D eigenvalue weighted by Gasteiger charge is -2.40. The number of nitrogens with zero attached hydrogens (tertiary/aromatic N) is 3. The zero-order valence-corrected chi connectivity index (χ0v) is 26.3. The van der Waals surface area contributed by atoms with Gasteiger partial charge < -0.3 is 29.3 Å². The van der Waals surface area contributed by atoms with E-state index in [2.05, 4.69) is 24.1 Å². The number of nitrogens with one attached hydrogen (secondary N) is 1. The van der Waals surface area contributed by atoms with E-state index in [1.165, 1.54) is 19.3 Å². The van der Waals surface area contributed by atoms with Gasteiger partial charge in [0.15, 0.2) is 11.5 Å². The molecule has 234 valence electrons. The molecule has 2 heterocycles. The minimum atomic E-state index is -0.0493. The molecule has 0 spiro atoms. The third-order valence-corrected chi connectivity index (χ3v) is 9.09. The standard InChI is InChI=1S/C34H48N4O5/c1-5-36-16-15-28(23-36)35-33(39)20-26-10-11-27(31(19-26)42-4)22-38-24(2)14-17-37(34(38)40)29-12-13-30(41-3)32(21-29)43-18-6-7-25-8-9-25/h10-13,19,21,24-25,28H,5-9,14-18,20,22-23H2,1-4H3,(H,35,39)/t24-,28-/m0/s1. The molecule has 0 aromatic heterocycles. The fourth-order valence-electron chi connectivity index (χ4n) is 6.20. The first-order chi connectivity index (χ1) is 20.9. The van der Waals surface area contributed by atoms with Gasteiger partial charge in [-0.15, -0.1) is 0 Å². The third-order valence-electron chi connectivity index (χ3n) is 9.09. The number of hydrogen-bond donors (Lipinski definition) is 1. The molecule has 5 rings (SSSR count). The molecule has 9 nitrogen and oxygen atoms in total. The molecule has 1 N–H and O–H groups in total. The molecule has 1 saturated carbocycles. The minimum absolute atomic E-state index is 0.0268. The van der Waals surface area contributed by atoms with E-state index in [1.54, 1.807) is 14.2 Å². The zero-order chi connectivity index (χ0) is 30.3. The van der Waals surface area contributed by atoms with Crippen molar-refractivity contribution < 1.29 is 23.8 Å². The van der Waals surface area contributed by atoms with Crippen molar-refractivity contribution in [3.05, 3.63) is 47.5 Å². The Labute approximate surface area is 256 Å². The van der Waals surface area contributed by atoms with Crippen molar-refractivity contribution in [2.45, 2.75) is 77.4 Å². The highest BCUT2D eigenvalue weighted by Gasteiger charge is 2.33. The maximum atomic E-state index is 13.9. The Bertz CT molecular complexity index is 1270. The first-order valence-corrected chi connectivity index (χ1v) is 15.9. The molecule has 9 heteroatoms. The van der Waals surface area contributed by atoms with E-state index in [4.69, 9.17) is 14.2 Å². The van der Waals surface area contributed by atoms with Gasteiger partial charge in [0.25, 0.3) is 0 Å². The van der Waals surface area contributed by atoms with Crippen LogP contribution in [0.5, 0.6) is 17.2 Å². The Balaban J connectivity index is 1.23. The monoisotopic (exact) mass is 592 g/mol. The van der Waals surface area contributed by atoms with E-state index in [9.17, 15) is 9.59 Å². The van der Waals surface area contributed by atoms with Gasteiger partial charge in [-0.2, -0.15) is 0 Å². The van der Waals surface area contributed by atoms with Crippen LogP contribution in [-0.4, -0.2) is 80.8 Å². The fraction of sp³-hybridized carbons (Fsp3) is 0.588. The summed E-state index contributed by atoms with van der Waals surface area (Å²) in [6.07, 6.45) is 7.05. The minimum Gasteiger partial charge on any atom is -0.496 e. The number of anilines is 1. The van der Waals surface area contributed by atoms with Crippen molar-refractivity contribution in [2.75, 3.05) is 51.9 Å². The first kappa shape index (κ1) is 31.0. The second-order valence-corrected chi connectivity index (χ2v) is 12.2. The van der Waals surface area contributed by atoms with Crippen LogP contribution >= 0.6 is 0 Å². The number of carbonyl (C=O) groups excluding carboxylic acids is 2. The van der Waals surface area contributed by atoms with Gasteiger partial charge in [0, 0.05) is 49.0 Å². The molecule has 2 aliphatic heterocycles. The summed E-state index contributed by atoms with van der Waals surface area (Å²) in [5, 5.41) is 3.18. The second kappa shape index (κ2) is 14.3. The van der Waals surface area contributed by atoms with Crippen molar-refractivity contribution in [1.82, 2.24) is 15.1 Å². The van der Waals surface area contributed by atoms with E-state index in [0.717, 1.165) is 61.6 Å². The number of likely N-dealkylation sites (tertiary alicyclic amines) is 1. The van der Waals surface area contributed by atoms with Crippen LogP contribution in [0.4, 0.5) is 10.5 Å². The predicted molar refractivity (Wildman–Crippen MR) is 168 cm³/mol. The predicted octanol–water partition coefficient (Wildman–Crippen LogP) is 5.25. The number of methoxy groups -OCH3 is 2. The SMILES string of the molecule is CCN1CC[C@H](NC(=O)Cc2ccc(CN3C(=O)N(c4ccc(OC)c(OCCCC5CC5)c4)CC[C@@H]3C)c(OC)c2)C1. The van der Waals surface area contributed by atoms with E-state index in [1.807, 2.05) is 46.2 Å². The number of urea groups is 1. The summed E-state index contributed by atoms with van der Waals surface area (Å²) in [5.41, 5.74) is 2.61. The molecule has 0 bridgehead atoms. The molecule has 43 heavy (non-hydrogen) atoms. The average Bonchev–Trinajstić information content (AvgIpc) is 3.73. The van der Waals surface area contributed by atoms with Gasteiger partial charge in [0.05, 0.1) is 33.8 Å².